The van der Waals surface area contributed by atoms with Crippen LogP contribution in [-0.4, -0.2) is 29.2 Å². The van der Waals surface area contributed by atoms with Crippen molar-refractivity contribution in [1.29, 1.82) is 0 Å². The summed E-state index contributed by atoms with van der Waals surface area (Å²) in [4.78, 5) is 19.6. The number of nitrogens with two attached hydrogens (primary N) is 2. The second kappa shape index (κ2) is 7.10. The molecule has 0 aliphatic carbocycles. The molecule has 0 radical (unpaired) electrons. The van der Waals surface area contributed by atoms with Crippen molar-refractivity contribution in [1.82, 2.24) is 9.55 Å². The van der Waals surface area contributed by atoms with Crippen LogP contribution in [0.2, 0.25) is 10.0 Å². The molecule has 8 heteroatoms. The maximum atomic E-state index is 13.0. The third-order valence-corrected chi connectivity index (χ3v) is 6.05. The second-order valence-electron chi connectivity index (χ2n) is 7.13. The van der Waals surface area contributed by atoms with Crippen LogP contribution in [0.15, 0.2) is 23.0 Å². The Bertz CT molecular complexity index is 888. The van der Waals surface area contributed by atoms with Crippen molar-refractivity contribution in [2.24, 2.45) is 11.1 Å². The van der Waals surface area contributed by atoms with Gasteiger partial charge >= 0.3 is 0 Å². The van der Waals surface area contributed by atoms with Gasteiger partial charge in [0.05, 0.1) is 21.3 Å². The van der Waals surface area contributed by atoms with Crippen LogP contribution in [0.25, 0.3) is 5.69 Å². The molecular weight excluding hydrogens is 373 g/mol. The van der Waals surface area contributed by atoms with Crippen LogP contribution >= 0.6 is 23.2 Å². The lowest BCUT2D eigenvalue weighted by atomic mass is 9.80. The smallest absolute Gasteiger partial charge is 0.264 e. The summed E-state index contributed by atoms with van der Waals surface area (Å²) < 4.78 is 1.31. The number of hydrogen-bond acceptors (Lipinski definition) is 5. The van der Waals surface area contributed by atoms with E-state index in [0.29, 0.717) is 28.6 Å². The first-order chi connectivity index (χ1) is 12.3. The Kier molecular flexibility index (Phi) is 5.19. The zero-order chi connectivity index (χ0) is 19.1. The Labute approximate surface area is 162 Å². The van der Waals surface area contributed by atoms with E-state index in [4.69, 9.17) is 34.7 Å². The van der Waals surface area contributed by atoms with Gasteiger partial charge in [0.25, 0.3) is 5.56 Å². The molecule has 3 rings (SSSR count). The number of anilines is 2. The maximum absolute atomic E-state index is 13.0. The van der Waals surface area contributed by atoms with Crippen molar-refractivity contribution in [3.05, 3.63) is 44.2 Å². The van der Waals surface area contributed by atoms with E-state index in [1.54, 1.807) is 25.1 Å². The summed E-state index contributed by atoms with van der Waals surface area (Å²) in [6.45, 7) is 6.20. The fourth-order valence-electron chi connectivity index (χ4n) is 3.28. The molecule has 0 atom stereocenters. The third-order valence-electron chi connectivity index (χ3n) is 5.24. The van der Waals surface area contributed by atoms with Crippen molar-refractivity contribution in [3.8, 4) is 5.69 Å². The number of piperidine rings is 1. The van der Waals surface area contributed by atoms with E-state index in [-0.39, 0.29) is 21.9 Å². The van der Waals surface area contributed by atoms with Gasteiger partial charge in [-0.2, -0.15) is 4.98 Å². The molecule has 1 aromatic heterocycles. The average Bonchev–Trinajstić information content (AvgIpc) is 2.62. The lowest BCUT2D eigenvalue weighted by Gasteiger charge is -2.39. The molecule has 0 saturated carbocycles. The summed E-state index contributed by atoms with van der Waals surface area (Å²) in [7, 11) is 0. The Morgan fingerprint density at radius 1 is 1.27 bits per heavy atom. The van der Waals surface area contributed by atoms with Crippen molar-refractivity contribution in [3.63, 3.8) is 0 Å². The van der Waals surface area contributed by atoms with Crippen molar-refractivity contribution in [2.75, 3.05) is 30.3 Å². The van der Waals surface area contributed by atoms with Crippen molar-refractivity contribution < 1.29 is 0 Å². The first-order valence-corrected chi connectivity index (χ1v) is 9.31. The molecule has 6 nitrogen and oxygen atoms in total. The number of nitrogens with zero attached hydrogens (tertiary/aromatic N) is 3. The van der Waals surface area contributed by atoms with E-state index in [1.165, 1.54) is 4.57 Å². The molecule has 2 aromatic rings. The summed E-state index contributed by atoms with van der Waals surface area (Å²) in [5, 5.41) is 0.628. The number of halogens is 2. The monoisotopic (exact) mass is 395 g/mol. The van der Waals surface area contributed by atoms with E-state index in [9.17, 15) is 4.79 Å². The van der Waals surface area contributed by atoms with E-state index >= 15 is 0 Å². The van der Waals surface area contributed by atoms with Gasteiger partial charge < -0.3 is 16.4 Å². The SMILES string of the molecule is Cc1c(N2CCC(C)(CN)CC2)nc(N)n(-c2cccc(Cl)c2Cl)c1=O. The summed E-state index contributed by atoms with van der Waals surface area (Å²) >= 11 is 12.3. The molecule has 140 valence electrons. The van der Waals surface area contributed by atoms with Crippen molar-refractivity contribution >= 4 is 35.0 Å². The van der Waals surface area contributed by atoms with Gasteiger partial charge in [-0.05, 0) is 43.9 Å². The highest BCUT2D eigenvalue weighted by atomic mass is 35.5. The van der Waals surface area contributed by atoms with E-state index < -0.39 is 0 Å². The second-order valence-corrected chi connectivity index (χ2v) is 7.92. The standard InChI is InChI=1S/C18H23Cl2N5O/c1-11-15(24-8-6-18(2,10-21)7-9-24)23-17(22)25(16(11)26)13-5-3-4-12(19)14(13)20/h3-5H,6-10,21H2,1-2H3,(H2,22,23). The lowest BCUT2D eigenvalue weighted by Crippen LogP contribution is -2.43. The molecule has 4 N–H and O–H groups in total. The Morgan fingerprint density at radius 2 is 1.92 bits per heavy atom. The van der Waals surface area contributed by atoms with Gasteiger partial charge in [-0.1, -0.05) is 36.2 Å². The molecule has 1 aliphatic heterocycles. The number of benzene rings is 1. The molecule has 0 amide bonds. The van der Waals surface area contributed by atoms with Crippen LogP contribution in [0, 0.1) is 12.3 Å². The highest BCUT2D eigenvalue weighted by Crippen LogP contribution is 2.33. The van der Waals surface area contributed by atoms with Gasteiger partial charge in [-0.3, -0.25) is 4.79 Å². The number of nitrogen functional groups attached to an aromatic ring is 1. The Balaban J connectivity index is 2.02. The molecule has 0 spiro atoms. The summed E-state index contributed by atoms with van der Waals surface area (Å²) in [5.41, 5.74) is 12.9. The molecular formula is C18H23Cl2N5O. The molecule has 1 fully saturated rings. The Hall–Kier alpha value is -1.76. The fraction of sp³-hybridized carbons (Fsp3) is 0.444. The highest BCUT2D eigenvalue weighted by molar-refractivity contribution is 6.43. The van der Waals surface area contributed by atoms with Crippen LogP contribution in [0.4, 0.5) is 11.8 Å². The normalized spacial score (nSPS) is 16.7. The molecule has 1 saturated heterocycles. The molecule has 1 aromatic carbocycles. The molecule has 0 bridgehead atoms. The maximum Gasteiger partial charge on any atom is 0.264 e. The largest absolute Gasteiger partial charge is 0.369 e. The third kappa shape index (κ3) is 3.29. The minimum Gasteiger partial charge on any atom is -0.369 e. The molecule has 0 unspecified atom stereocenters. The van der Waals surface area contributed by atoms with Gasteiger partial charge in [0.2, 0.25) is 5.95 Å². The van der Waals surface area contributed by atoms with Crippen molar-refractivity contribution in [2.45, 2.75) is 26.7 Å². The predicted octanol–water partition coefficient (Wildman–Crippen LogP) is 3.00. The summed E-state index contributed by atoms with van der Waals surface area (Å²) in [6, 6.07) is 5.07. The van der Waals surface area contributed by atoms with Gasteiger partial charge in [-0.25, -0.2) is 4.57 Å². The Morgan fingerprint density at radius 3 is 2.54 bits per heavy atom. The van der Waals surface area contributed by atoms with Gasteiger partial charge in [0.1, 0.15) is 5.82 Å². The topological polar surface area (TPSA) is 90.2 Å². The minimum atomic E-state index is -0.246. The van der Waals surface area contributed by atoms with Crippen LogP contribution < -0.4 is 21.9 Å². The van der Waals surface area contributed by atoms with Gasteiger partial charge in [0, 0.05) is 13.1 Å². The summed E-state index contributed by atoms with van der Waals surface area (Å²) in [5.74, 6) is 0.716. The number of hydrogen-bond donors (Lipinski definition) is 2. The first kappa shape index (κ1) is 19.0. The first-order valence-electron chi connectivity index (χ1n) is 8.56. The highest BCUT2D eigenvalue weighted by Gasteiger charge is 2.30. The predicted molar refractivity (Wildman–Crippen MR) is 108 cm³/mol. The molecule has 2 heterocycles. The minimum absolute atomic E-state index is 0.0897. The molecule has 1 aliphatic rings. The molecule has 26 heavy (non-hydrogen) atoms. The number of rotatable bonds is 3. The van der Waals surface area contributed by atoms with Gasteiger partial charge in [-0.15, -0.1) is 0 Å². The van der Waals surface area contributed by atoms with Crippen LogP contribution in [0.1, 0.15) is 25.3 Å². The quantitative estimate of drug-likeness (QED) is 0.833. The van der Waals surface area contributed by atoms with E-state index in [0.717, 1.165) is 25.9 Å². The van der Waals surface area contributed by atoms with Crippen LogP contribution in [0.3, 0.4) is 0 Å². The van der Waals surface area contributed by atoms with Gasteiger partial charge in [0.15, 0.2) is 0 Å². The van der Waals surface area contributed by atoms with Crippen LogP contribution in [0.5, 0.6) is 0 Å². The zero-order valence-corrected chi connectivity index (χ0v) is 16.4. The number of aromatic nitrogens is 2. The lowest BCUT2D eigenvalue weighted by molar-refractivity contribution is 0.257. The van der Waals surface area contributed by atoms with E-state index in [2.05, 4.69) is 16.8 Å². The fourth-order valence-corrected chi connectivity index (χ4v) is 3.66. The average molecular weight is 396 g/mol. The summed E-state index contributed by atoms with van der Waals surface area (Å²) in [6.07, 6.45) is 1.90. The van der Waals surface area contributed by atoms with E-state index in [1.807, 2.05) is 0 Å². The zero-order valence-electron chi connectivity index (χ0n) is 14.9. The van der Waals surface area contributed by atoms with Crippen LogP contribution in [-0.2, 0) is 0 Å².